The second-order valence-electron chi connectivity index (χ2n) is 10.4. The summed E-state index contributed by atoms with van der Waals surface area (Å²) in [5.41, 5.74) is 1.59. The van der Waals surface area contributed by atoms with Crippen molar-refractivity contribution in [1.29, 1.82) is 0 Å². The van der Waals surface area contributed by atoms with Crippen LogP contribution in [0.3, 0.4) is 0 Å². The molecular weight excluding hydrogens is 514 g/mol. The van der Waals surface area contributed by atoms with E-state index in [2.05, 4.69) is 24.5 Å². The lowest BCUT2D eigenvalue weighted by molar-refractivity contribution is -0.127. The Morgan fingerprint density at radius 1 is 0.923 bits per heavy atom. The third-order valence-corrected chi connectivity index (χ3v) is 6.85. The Hall–Kier alpha value is -3.85. The predicted molar refractivity (Wildman–Crippen MR) is 155 cm³/mol. The van der Waals surface area contributed by atoms with Gasteiger partial charge in [0.1, 0.15) is 6.04 Å². The molecule has 0 aliphatic rings. The molecule has 0 spiro atoms. The number of carbonyl (C=O) groups is 3. The van der Waals surface area contributed by atoms with Gasteiger partial charge < -0.3 is 20.1 Å². The Bertz CT molecular complexity index is 1280. The minimum atomic E-state index is -1.06. The SMILES string of the molecule is COc1ccc([C@@H](C(=O)NC(C)(C)C)N(C(=O)CNC(=O)c2cccs2)c2ccc(C(C)C)cc2)cc1OC. The van der Waals surface area contributed by atoms with E-state index in [9.17, 15) is 14.4 Å². The number of benzene rings is 2. The van der Waals surface area contributed by atoms with E-state index in [-0.39, 0.29) is 18.4 Å². The van der Waals surface area contributed by atoms with Gasteiger partial charge in [-0.15, -0.1) is 11.3 Å². The number of hydrogen-bond donors (Lipinski definition) is 2. The second-order valence-corrected chi connectivity index (χ2v) is 11.4. The lowest BCUT2D eigenvalue weighted by Crippen LogP contribution is -2.51. The summed E-state index contributed by atoms with van der Waals surface area (Å²) in [6.45, 7) is 9.50. The van der Waals surface area contributed by atoms with Crippen LogP contribution in [0.2, 0.25) is 0 Å². The molecule has 8 nitrogen and oxygen atoms in total. The molecule has 1 atom stereocenters. The Labute approximate surface area is 234 Å². The largest absolute Gasteiger partial charge is 0.493 e. The molecule has 2 N–H and O–H groups in total. The monoisotopic (exact) mass is 551 g/mol. The van der Waals surface area contributed by atoms with Crippen LogP contribution in [-0.2, 0) is 9.59 Å². The highest BCUT2D eigenvalue weighted by molar-refractivity contribution is 7.12. The van der Waals surface area contributed by atoms with Crippen LogP contribution in [0.4, 0.5) is 5.69 Å². The van der Waals surface area contributed by atoms with Crippen LogP contribution in [-0.4, -0.2) is 44.0 Å². The minimum Gasteiger partial charge on any atom is -0.493 e. The molecule has 0 fully saturated rings. The number of carbonyl (C=O) groups excluding carboxylic acids is 3. The maximum Gasteiger partial charge on any atom is 0.261 e. The van der Waals surface area contributed by atoms with Gasteiger partial charge in [0, 0.05) is 11.2 Å². The Kier molecular flexibility index (Phi) is 9.75. The van der Waals surface area contributed by atoms with Crippen molar-refractivity contribution in [2.24, 2.45) is 0 Å². The van der Waals surface area contributed by atoms with Gasteiger partial charge in [0.15, 0.2) is 11.5 Å². The van der Waals surface area contributed by atoms with Crippen LogP contribution >= 0.6 is 11.3 Å². The van der Waals surface area contributed by atoms with Crippen LogP contribution in [0, 0.1) is 0 Å². The van der Waals surface area contributed by atoms with E-state index in [4.69, 9.17) is 9.47 Å². The third kappa shape index (κ3) is 7.60. The van der Waals surface area contributed by atoms with Crippen molar-refractivity contribution >= 4 is 34.7 Å². The number of hydrogen-bond acceptors (Lipinski definition) is 6. The molecule has 0 unspecified atom stereocenters. The average Bonchev–Trinajstić information content (AvgIpc) is 3.44. The highest BCUT2D eigenvalue weighted by Crippen LogP contribution is 2.35. The van der Waals surface area contributed by atoms with Crippen molar-refractivity contribution in [2.45, 2.75) is 52.1 Å². The summed E-state index contributed by atoms with van der Waals surface area (Å²) in [4.78, 5) is 42.3. The molecule has 0 bridgehead atoms. The van der Waals surface area contributed by atoms with Crippen molar-refractivity contribution in [3.05, 3.63) is 76.0 Å². The van der Waals surface area contributed by atoms with E-state index in [1.165, 1.54) is 30.5 Å². The van der Waals surface area contributed by atoms with Crippen molar-refractivity contribution in [1.82, 2.24) is 10.6 Å². The van der Waals surface area contributed by atoms with Gasteiger partial charge in [0.25, 0.3) is 5.91 Å². The van der Waals surface area contributed by atoms with Crippen molar-refractivity contribution in [2.75, 3.05) is 25.7 Å². The normalized spacial score (nSPS) is 12.0. The Morgan fingerprint density at radius 3 is 2.10 bits per heavy atom. The fourth-order valence-electron chi connectivity index (χ4n) is 4.07. The molecule has 208 valence electrons. The summed E-state index contributed by atoms with van der Waals surface area (Å²) in [5, 5.41) is 7.51. The van der Waals surface area contributed by atoms with Crippen LogP contribution in [0.1, 0.15) is 67.4 Å². The third-order valence-electron chi connectivity index (χ3n) is 5.98. The molecule has 9 heteroatoms. The van der Waals surface area contributed by atoms with E-state index in [1.54, 1.807) is 35.7 Å². The van der Waals surface area contributed by atoms with Crippen molar-refractivity contribution in [3.8, 4) is 11.5 Å². The molecule has 3 aromatic rings. The zero-order chi connectivity index (χ0) is 28.7. The topological polar surface area (TPSA) is 97.0 Å². The van der Waals surface area contributed by atoms with Crippen LogP contribution in [0.15, 0.2) is 60.0 Å². The van der Waals surface area contributed by atoms with Gasteiger partial charge >= 0.3 is 0 Å². The highest BCUT2D eigenvalue weighted by Gasteiger charge is 2.35. The average molecular weight is 552 g/mol. The lowest BCUT2D eigenvalue weighted by atomic mass is 9.99. The molecule has 1 aromatic heterocycles. The maximum absolute atomic E-state index is 13.9. The zero-order valence-electron chi connectivity index (χ0n) is 23.5. The van der Waals surface area contributed by atoms with E-state index >= 15 is 0 Å². The number of nitrogens with zero attached hydrogens (tertiary/aromatic N) is 1. The quantitative estimate of drug-likeness (QED) is 0.356. The van der Waals surface area contributed by atoms with Gasteiger partial charge in [0.05, 0.1) is 25.6 Å². The summed E-state index contributed by atoms with van der Waals surface area (Å²) in [6, 6.07) is 15.1. The van der Waals surface area contributed by atoms with Crippen molar-refractivity contribution < 1.29 is 23.9 Å². The summed E-state index contributed by atoms with van der Waals surface area (Å²) < 4.78 is 10.9. The Balaban J connectivity index is 2.11. The van der Waals surface area contributed by atoms with Crippen LogP contribution < -0.4 is 25.0 Å². The molecule has 0 aliphatic carbocycles. The standard InChI is InChI=1S/C30H37N3O5S/c1-19(2)20-10-13-22(14-11-20)33(26(34)18-31-28(35)25-9-8-16-39-25)27(29(36)32-30(3,4)5)21-12-15-23(37-6)24(17-21)38-7/h8-17,19,27H,18H2,1-7H3,(H,31,35)(H,32,36)/t27-/m0/s1. The van der Waals surface area contributed by atoms with Gasteiger partial charge in [-0.1, -0.05) is 38.1 Å². The molecule has 3 rings (SSSR count). The predicted octanol–water partition coefficient (Wildman–Crippen LogP) is 5.31. The zero-order valence-corrected chi connectivity index (χ0v) is 24.3. The summed E-state index contributed by atoms with van der Waals surface area (Å²) >= 11 is 1.29. The van der Waals surface area contributed by atoms with E-state index in [0.29, 0.717) is 33.5 Å². The summed E-state index contributed by atoms with van der Waals surface area (Å²) in [5.74, 6) is 0.0479. The lowest BCUT2D eigenvalue weighted by Gasteiger charge is -2.34. The summed E-state index contributed by atoms with van der Waals surface area (Å²) in [6.07, 6.45) is 0. The number of anilines is 1. The van der Waals surface area contributed by atoms with Gasteiger partial charge in [-0.05, 0) is 73.5 Å². The van der Waals surface area contributed by atoms with Gasteiger partial charge in [-0.2, -0.15) is 0 Å². The van der Waals surface area contributed by atoms with E-state index < -0.39 is 17.5 Å². The molecule has 0 aliphatic heterocycles. The van der Waals surface area contributed by atoms with Crippen molar-refractivity contribution in [3.63, 3.8) is 0 Å². The first kappa shape index (κ1) is 29.7. The highest BCUT2D eigenvalue weighted by atomic mass is 32.1. The fraction of sp³-hybridized carbons (Fsp3) is 0.367. The van der Waals surface area contributed by atoms with Crippen LogP contribution in [0.5, 0.6) is 11.5 Å². The number of nitrogens with one attached hydrogen (secondary N) is 2. The van der Waals surface area contributed by atoms with E-state index in [0.717, 1.165) is 5.56 Å². The molecule has 39 heavy (non-hydrogen) atoms. The number of thiophene rings is 1. The molecule has 0 saturated heterocycles. The van der Waals surface area contributed by atoms with Gasteiger partial charge in [-0.25, -0.2) is 0 Å². The number of amides is 3. The smallest absolute Gasteiger partial charge is 0.261 e. The first-order chi connectivity index (χ1) is 18.4. The molecule has 0 radical (unpaired) electrons. The molecule has 2 aromatic carbocycles. The van der Waals surface area contributed by atoms with E-state index in [1.807, 2.05) is 45.0 Å². The molecular formula is C30H37N3O5S. The second kappa shape index (κ2) is 12.8. The first-order valence-corrected chi connectivity index (χ1v) is 13.6. The summed E-state index contributed by atoms with van der Waals surface area (Å²) in [7, 11) is 3.04. The number of methoxy groups -OCH3 is 2. The van der Waals surface area contributed by atoms with Crippen LogP contribution in [0.25, 0.3) is 0 Å². The first-order valence-electron chi connectivity index (χ1n) is 12.7. The Morgan fingerprint density at radius 2 is 1.56 bits per heavy atom. The number of rotatable bonds is 10. The fourth-order valence-corrected chi connectivity index (χ4v) is 4.71. The molecule has 0 saturated carbocycles. The number of ether oxygens (including phenoxy) is 2. The van der Waals surface area contributed by atoms with Gasteiger partial charge in [0.2, 0.25) is 11.8 Å². The maximum atomic E-state index is 13.9. The molecule has 3 amide bonds. The van der Waals surface area contributed by atoms with Gasteiger partial charge in [-0.3, -0.25) is 19.3 Å². The molecule has 1 heterocycles. The minimum absolute atomic E-state index is 0.291.